The molecule has 2 fully saturated rings. The second kappa shape index (κ2) is 6.27. The Hall–Kier alpha value is 0.270. The maximum atomic E-state index is 2.75. The van der Waals surface area contributed by atoms with Gasteiger partial charge >= 0.3 is 0 Å². The van der Waals surface area contributed by atoms with Crippen molar-refractivity contribution in [2.45, 2.75) is 44.7 Å². The lowest BCUT2D eigenvalue weighted by Crippen LogP contribution is -2.57. The van der Waals surface area contributed by atoms with Crippen molar-refractivity contribution < 1.29 is 0 Å². The molecule has 2 rings (SSSR count). The van der Waals surface area contributed by atoms with Crippen LogP contribution in [0.2, 0.25) is 0 Å². The second-order valence-electron chi connectivity index (χ2n) is 5.20. The molecule has 2 nitrogen and oxygen atoms in total. The molecule has 94 valence electrons. The minimum absolute atomic E-state index is 0.819. The van der Waals surface area contributed by atoms with Gasteiger partial charge in [0.25, 0.3) is 0 Å². The topological polar surface area (TPSA) is 6.48 Å². The summed E-state index contributed by atoms with van der Waals surface area (Å²) < 4.78 is 0. The molecule has 0 aromatic heterocycles. The van der Waals surface area contributed by atoms with Crippen LogP contribution < -0.4 is 0 Å². The molecule has 0 bridgehead atoms. The zero-order chi connectivity index (χ0) is 11.4. The number of nitrogens with zero attached hydrogens (tertiary/aromatic N) is 2. The predicted molar refractivity (Wildman–Crippen MR) is 73.2 cm³/mol. The van der Waals surface area contributed by atoms with E-state index in [-0.39, 0.29) is 0 Å². The van der Waals surface area contributed by atoms with E-state index in [2.05, 4.69) is 23.0 Å². The highest BCUT2D eigenvalue weighted by molar-refractivity contribution is 7.98. The molecule has 0 radical (unpaired) electrons. The Labute approximate surface area is 105 Å². The molecular weight excluding hydrogens is 216 g/mol. The van der Waals surface area contributed by atoms with Gasteiger partial charge in [-0.2, -0.15) is 11.8 Å². The van der Waals surface area contributed by atoms with Gasteiger partial charge in [0.05, 0.1) is 0 Å². The minimum Gasteiger partial charge on any atom is -0.298 e. The third kappa shape index (κ3) is 2.93. The maximum Gasteiger partial charge on any atom is 0.0223 e. The fourth-order valence-electron chi connectivity index (χ4n) is 3.19. The van der Waals surface area contributed by atoms with Gasteiger partial charge < -0.3 is 0 Å². The summed E-state index contributed by atoms with van der Waals surface area (Å²) in [7, 11) is 0. The lowest BCUT2D eigenvalue weighted by atomic mass is 9.98. The number of piperidine rings is 1. The summed E-state index contributed by atoms with van der Waals surface area (Å²) in [6, 6.07) is 1.69. The van der Waals surface area contributed by atoms with Crippen LogP contribution in [-0.4, -0.2) is 60.1 Å². The molecule has 3 heteroatoms. The number of hydrogen-bond donors (Lipinski definition) is 0. The third-order valence-electron chi connectivity index (χ3n) is 4.22. The van der Waals surface area contributed by atoms with Crippen LogP contribution in [0.15, 0.2) is 0 Å². The van der Waals surface area contributed by atoms with E-state index in [1.807, 2.05) is 11.8 Å². The number of piperazine rings is 1. The summed E-state index contributed by atoms with van der Waals surface area (Å²) in [6.45, 7) is 7.65. The van der Waals surface area contributed by atoms with Gasteiger partial charge in [0.15, 0.2) is 0 Å². The highest BCUT2D eigenvalue weighted by Crippen LogP contribution is 2.23. The highest BCUT2D eigenvalue weighted by atomic mass is 32.2. The van der Waals surface area contributed by atoms with Gasteiger partial charge in [0, 0.05) is 37.5 Å². The van der Waals surface area contributed by atoms with Crippen LogP contribution >= 0.6 is 11.8 Å². The van der Waals surface area contributed by atoms with Crippen LogP contribution in [0.4, 0.5) is 0 Å². The molecule has 0 amide bonds. The summed E-state index contributed by atoms with van der Waals surface area (Å²) in [4.78, 5) is 5.48. The molecule has 16 heavy (non-hydrogen) atoms. The van der Waals surface area contributed by atoms with Gasteiger partial charge in [0.1, 0.15) is 0 Å². The van der Waals surface area contributed by atoms with E-state index in [0.717, 1.165) is 12.1 Å². The summed E-state index contributed by atoms with van der Waals surface area (Å²) >= 11 is 2.00. The van der Waals surface area contributed by atoms with Crippen molar-refractivity contribution in [3.8, 4) is 0 Å². The molecule has 0 aromatic rings. The van der Waals surface area contributed by atoms with Crippen LogP contribution in [-0.2, 0) is 0 Å². The molecule has 2 aliphatic heterocycles. The first kappa shape index (κ1) is 12.7. The molecule has 0 spiro atoms. The average Bonchev–Trinajstić information content (AvgIpc) is 2.35. The van der Waals surface area contributed by atoms with Crippen molar-refractivity contribution in [3.63, 3.8) is 0 Å². The highest BCUT2D eigenvalue weighted by Gasteiger charge is 2.31. The standard InChI is InChI=1S/C13H26N2S/c1-3-12(11-16-2)15-9-8-14-7-5-4-6-13(14)10-15/h12-13H,3-11H2,1-2H3. The summed E-state index contributed by atoms with van der Waals surface area (Å²) in [5.41, 5.74) is 0. The quantitative estimate of drug-likeness (QED) is 0.747. The lowest BCUT2D eigenvalue weighted by Gasteiger charge is -2.46. The molecule has 0 aliphatic carbocycles. The molecule has 2 unspecified atom stereocenters. The van der Waals surface area contributed by atoms with Gasteiger partial charge in [-0.1, -0.05) is 13.3 Å². The van der Waals surface area contributed by atoms with Crippen molar-refractivity contribution in [1.82, 2.24) is 9.80 Å². The Bertz CT molecular complexity index is 210. The van der Waals surface area contributed by atoms with Crippen LogP contribution in [0.3, 0.4) is 0 Å². The van der Waals surface area contributed by atoms with Crippen LogP contribution in [0, 0.1) is 0 Å². The first-order chi connectivity index (χ1) is 7.85. The van der Waals surface area contributed by atoms with E-state index in [1.54, 1.807) is 0 Å². The zero-order valence-corrected chi connectivity index (χ0v) is 11.6. The van der Waals surface area contributed by atoms with E-state index < -0.39 is 0 Å². The molecule has 2 heterocycles. The first-order valence-electron chi connectivity index (χ1n) is 6.82. The lowest BCUT2D eigenvalue weighted by molar-refractivity contribution is 0.0314. The van der Waals surface area contributed by atoms with E-state index in [0.29, 0.717) is 0 Å². The third-order valence-corrected chi connectivity index (χ3v) is 4.93. The van der Waals surface area contributed by atoms with Crippen molar-refractivity contribution >= 4 is 11.8 Å². The smallest absolute Gasteiger partial charge is 0.0223 e. The second-order valence-corrected chi connectivity index (χ2v) is 6.11. The van der Waals surface area contributed by atoms with Crippen LogP contribution in [0.25, 0.3) is 0 Å². The Morgan fingerprint density at radius 1 is 1.25 bits per heavy atom. The van der Waals surface area contributed by atoms with Crippen molar-refractivity contribution in [3.05, 3.63) is 0 Å². The van der Waals surface area contributed by atoms with Crippen molar-refractivity contribution in [2.24, 2.45) is 0 Å². The number of fused-ring (bicyclic) bond motifs is 1. The Balaban J connectivity index is 1.88. The summed E-state index contributed by atoms with van der Waals surface area (Å²) in [5, 5.41) is 0. The van der Waals surface area contributed by atoms with Gasteiger partial charge in [-0.05, 0) is 32.1 Å². The normalized spacial score (nSPS) is 30.0. The van der Waals surface area contributed by atoms with Gasteiger partial charge in [-0.15, -0.1) is 0 Å². The van der Waals surface area contributed by atoms with Crippen molar-refractivity contribution in [2.75, 3.05) is 38.2 Å². The van der Waals surface area contributed by atoms with E-state index in [1.165, 1.54) is 57.6 Å². The van der Waals surface area contributed by atoms with Crippen LogP contribution in [0.1, 0.15) is 32.6 Å². The van der Waals surface area contributed by atoms with E-state index >= 15 is 0 Å². The largest absolute Gasteiger partial charge is 0.298 e. The van der Waals surface area contributed by atoms with E-state index in [9.17, 15) is 0 Å². The molecule has 2 saturated heterocycles. The molecule has 0 N–H and O–H groups in total. The van der Waals surface area contributed by atoms with E-state index in [4.69, 9.17) is 0 Å². The Morgan fingerprint density at radius 3 is 2.88 bits per heavy atom. The maximum absolute atomic E-state index is 2.75. The molecule has 0 aromatic carbocycles. The first-order valence-corrected chi connectivity index (χ1v) is 8.21. The Kier molecular flexibility index (Phi) is 4.98. The van der Waals surface area contributed by atoms with Gasteiger partial charge in [-0.3, -0.25) is 9.80 Å². The van der Waals surface area contributed by atoms with Gasteiger partial charge in [0.2, 0.25) is 0 Å². The number of rotatable bonds is 4. The number of hydrogen-bond acceptors (Lipinski definition) is 3. The molecular formula is C13H26N2S. The summed E-state index contributed by atoms with van der Waals surface area (Å²) in [6.07, 6.45) is 7.87. The monoisotopic (exact) mass is 242 g/mol. The fourth-order valence-corrected chi connectivity index (χ4v) is 4.02. The SMILES string of the molecule is CCC(CSC)N1CCN2CCCCC2C1. The zero-order valence-electron chi connectivity index (χ0n) is 10.8. The van der Waals surface area contributed by atoms with Crippen molar-refractivity contribution in [1.29, 1.82) is 0 Å². The average molecular weight is 242 g/mol. The Morgan fingerprint density at radius 2 is 2.12 bits per heavy atom. The molecule has 2 atom stereocenters. The minimum atomic E-state index is 0.819. The molecule has 0 saturated carbocycles. The predicted octanol–water partition coefficient (Wildman–Crippen LogP) is 2.30. The van der Waals surface area contributed by atoms with Gasteiger partial charge in [-0.25, -0.2) is 0 Å². The summed E-state index contributed by atoms with van der Waals surface area (Å²) in [5.74, 6) is 1.31. The molecule has 2 aliphatic rings. The number of thioether (sulfide) groups is 1. The van der Waals surface area contributed by atoms with Crippen LogP contribution in [0.5, 0.6) is 0 Å². The fraction of sp³-hybridized carbons (Fsp3) is 1.00.